The summed E-state index contributed by atoms with van der Waals surface area (Å²) >= 11 is 0. The van der Waals surface area contributed by atoms with Gasteiger partial charge < -0.3 is 10.6 Å². The van der Waals surface area contributed by atoms with Crippen molar-refractivity contribution in [2.75, 3.05) is 10.6 Å². The Bertz CT molecular complexity index is 624. The van der Waals surface area contributed by atoms with Gasteiger partial charge in [-0.3, -0.25) is 0 Å². The monoisotopic (exact) mass is 312 g/mol. The minimum Gasteiger partial charge on any atom is -0.378 e. The van der Waals surface area contributed by atoms with Gasteiger partial charge in [0.05, 0.1) is 17.4 Å². The molecule has 0 bridgehead atoms. The lowest BCUT2D eigenvalue weighted by Gasteiger charge is -2.20. The van der Waals surface area contributed by atoms with Crippen LogP contribution < -0.4 is 10.6 Å². The van der Waals surface area contributed by atoms with Gasteiger partial charge in [-0.15, -0.1) is 0 Å². The van der Waals surface area contributed by atoms with Crippen molar-refractivity contribution in [3.63, 3.8) is 0 Å². The summed E-state index contributed by atoms with van der Waals surface area (Å²) in [7, 11) is 0. The zero-order valence-corrected chi connectivity index (χ0v) is 13.8. The molecule has 1 fully saturated rings. The van der Waals surface area contributed by atoms with E-state index in [-0.39, 0.29) is 0 Å². The van der Waals surface area contributed by atoms with Gasteiger partial charge in [0.25, 0.3) is 0 Å². The topological polar surface area (TPSA) is 75.6 Å². The van der Waals surface area contributed by atoms with Gasteiger partial charge in [0.1, 0.15) is 6.33 Å². The average Bonchev–Trinajstić information content (AvgIpc) is 3.10. The largest absolute Gasteiger partial charge is 0.378 e. The third kappa shape index (κ3) is 3.94. The van der Waals surface area contributed by atoms with E-state index in [0.717, 1.165) is 23.5 Å². The fourth-order valence-corrected chi connectivity index (χ4v) is 2.78. The van der Waals surface area contributed by atoms with E-state index in [0.29, 0.717) is 17.9 Å². The first-order chi connectivity index (χ1) is 11.3. The second kappa shape index (κ2) is 7.35. The molecular formula is C17H24N6. The summed E-state index contributed by atoms with van der Waals surface area (Å²) in [6.07, 6.45) is 12.9. The summed E-state index contributed by atoms with van der Waals surface area (Å²) < 4.78 is 0. The molecule has 1 unspecified atom stereocenters. The lowest BCUT2D eigenvalue weighted by molar-refractivity contribution is 0.743. The molecule has 23 heavy (non-hydrogen) atoms. The summed E-state index contributed by atoms with van der Waals surface area (Å²) in [6, 6.07) is 0.885. The molecule has 0 saturated heterocycles. The van der Waals surface area contributed by atoms with Crippen molar-refractivity contribution in [3.05, 3.63) is 24.9 Å². The maximum Gasteiger partial charge on any atom is 0.164 e. The summed E-state index contributed by atoms with van der Waals surface area (Å²) in [5.74, 6) is 1.53. The van der Waals surface area contributed by atoms with E-state index in [1.165, 1.54) is 32.0 Å². The molecular weight excluding hydrogens is 288 g/mol. The highest BCUT2D eigenvalue weighted by atomic mass is 15.1. The Hall–Kier alpha value is -2.24. The van der Waals surface area contributed by atoms with Crippen molar-refractivity contribution < 1.29 is 0 Å². The van der Waals surface area contributed by atoms with Crippen LogP contribution in [0.2, 0.25) is 0 Å². The maximum absolute atomic E-state index is 4.73. The van der Waals surface area contributed by atoms with Crippen molar-refractivity contribution in [3.8, 4) is 11.4 Å². The van der Waals surface area contributed by atoms with Crippen LogP contribution in [-0.4, -0.2) is 32.0 Å². The van der Waals surface area contributed by atoms with Crippen LogP contribution >= 0.6 is 0 Å². The molecule has 2 N–H and O–H groups in total. The van der Waals surface area contributed by atoms with Crippen LogP contribution in [0.4, 0.5) is 11.5 Å². The lowest BCUT2D eigenvalue weighted by Crippen LogP contribution is -2.20. The molecule has 0 amide bonds. The van der Waals surface area contributed by atoms with Crippen molar-refractivity contribution in [2.45, 2.75) is 58.0 Å². The molecule has 1 saturated carbocycles. The minimum atomic E-state index is 0.383. The van der Waals surface area contributed by atoms with Crippen molar-refractivity contribution in [2.24, 2.45) is 0 Å². The van der Waals surface area contributed by atoms with E-state index in [4.69, 9.17) is 4.98 Å². The third-order valence-corrected chi connectivity index (χ3v) is 4.32. The first-order valence-electron chi connectivity index (χ1n) is 8.41. The van der Waals surface area contributed by atoms with E-state index in [9.17, 15) is 0 Å². The van der Waals surface area contributed by atoms with Gasteiger partial charge in [-0.1, -0.05) is 19.8 Å². The number of nitrogens with one attached hydrogen (secondary N) is 2. The van der Waals surface area contributed by atoms with Crippen LogP contribution in [0, 0.1) is 0 Å². The van der Waals surface area contributed by atoms with Crippen LogP contribution in [0.1, 0.15) is 46.0 Å². The molecule has 3 rings (SSSR count). The standard InChI is InChI=1S/C17H24N6/c1-3-12(2)21-15-10-20-16(13-8-18-11-19-9-13)23-17(15)22-14-6-4-5-7-14/h8-12,14,21H,3-7H2,1-2H3,(H,20,22,23). The summed E-state index contributed by atoms with van der Waals surface area (Å²) in [6.45, 7) is 4.33. The van der Waals surface area contributed by atoms with Crippen molar-refractivity contribution in [1.82, 2.24) is 19.9 Å². The maximum atomic E-state index is 4.73. The molecule has 1 atom stereocenters. The molecule has 122 valence electrons. The number of hydrogen-bond acceptors (Lipinski definition) is 6. The second-order valence-electron chi connectivity index (χ2n) is 6.16. The molecule has 1 aliphatic carbocycles. The highest BCUT2D eigenvalue weighted by Crippen LogP contribution is 2.27. The first kappa shape index (κ1) is 15.6. The van der Waals surface area contributed by atoms with Crippen LogP contribution in [0.15, 0.2) is 24.9 Å². The molecule has 6 nitrogen and oxygen atoms in total. The number of anilines is 2. The highest BCUT2D eigenvalue weighted by Gasteiger charge is 2.18. The third-order valence-electron chi connectivity index (χ3n) is 4.32. The van der Waals surface area contributed by atoms with Crippen LogP contribution in [-0.2, 0) is 0 Å². The molecule has 0 spiro atoms. The minimum absolute atomic E-state index is 0.383. The molecule has 0 aromatic carbocycles. The van der Waals surface area contributed by atoms with Gasteiger partial charge in [0, 0.05) is 24.5 Å². The second-order valence-corrected chi connectivity index (χ2v) is 6.16. The molecule has 1 aliphatic rings. The highest BCUT2D eigenvalue weighted by molar-refractivity contribution is 5.67. The zero-order chi connectivity index (χ0) is 16.1. The Labute approximate surface area is 137 Å². The molecule has 2 aromatic heterocycles. The predicted molar refractivity (Wildman–Crippen MR) is 92.3 cm³/mol. The summed E-state index contributed by atoms with van der Waals surface area (Å²) in [4.78, 5) is 17.3. The summed E-state index contributed by atoms with van der Waals surface area (Å²) in [5, 5.41) is 7.09. The number of hydrogen-bond donors (Lipinski definition) is 2. The number of nitrogens with zero attached hydrogens (tertiary/aromatic N) is 4. The molecule has 0 aliphatic heterocycles. The van der Waals surface area contributed by atoms with Gasteiger partial charge in [-0.05, 0) is 26.2 Å². The lowest BCUT2D eigenvalue weighted by atomic mass is 10.2. The van der Waals surface area contributed by atoms with E-state index < -0.39 is 0 Å². The van der Waals surface area contributed by atoms with Crippen molar-refractivity contribution in [1.29, 1.82) is 0 Å². The Morgan fingerprint density at radius 1 is 1.17 bits per heavy atom. The van der Waals surface area contributed by atoms with Gasteiger partial charge in [-0.2, -0.15) is 0 Å². The average molecular weight is 312 g/mol. The fraction of sp³-hybridized carbons (Fsp3) is 0.529. The van der Waals surface area contributed by atoms with E-state index >= 15 is 0 Å². The quantitative estimate of drug-likeness (QED) is 0.850. The van der Waals surface area contributed by atoms with Gasteiger partial charge >= 0.3 is 0 Å². The van der Waals surface area contributed by atoms with Gasteiger partial charge in [-0.25, -0.2) is 19.9 Å². The summed E-state index contributed by atoms with van der Waals surface area (Å²) in [5.41, 5.74) is 1.80. The van der Waals surface area contributed by atoms with Crippen LogP contribution in [0.25, 0.3) is 11.4 Å². The van der Waals surface area contributed by atoms with E-state index in [2.05, 4.69) is 39.4 Å². The first-order valence-corrected chi connectivity index (χ1v) is 8.41. The molecule has 0 radical (unpaired) electrons. The normalized spacial score (nSPS) is 16.3. The number of aromatic nitrogens is 4. The Balaban J connectivity index is 1.89. The number of rotatable bonds is 6. The molecule has 2 aromatic rings. The van der Waals surface area contributed by atoms with Gasteiger partial charge in [0.2, 0.25) is 0 Å². The Morgan fingerprint density at radius 3 is 2.61 bits per heavy atom. The van der Waals surface area contributed by atoms with Crippen LogP contribution in [0.5, 0.6) is 0 Å². The SMILES string of the molecule is CCC(C)Nc1cnc(-c2cncnc2)nc1NC1CCCC1. The Kier molecular flexibility index (Phi) is 5.00. The van der Waals surface area contributed by atoms with E-state index in [1.54, 1.807) is 12.4 Å². The predicted octanol–water partition coefficient (Wildman–Crippen LogP) is 3.50. The zero-order valence-electron chi connectivity index (χ0n) is 13.8. The fourth-order valence-electron chi connectivity index (χ4n) is 2.78. The van der Waals surface area contributed by atoms with Gasteiger partial charge in [0.15, 0.2) is 11.6 Å². The molecule has 2 heterocycles. The van der Waals surface area contributed by atoms with Crippen LogP contribution in [0.3, 0.4) is 0 Å². The molecule has 6 heteroatoms. The Morgan fingerprint density at radius 2 is 1.91 bits per heavy atom. The smallest absolute Gasteiger partial charge is 0.164 e. The van der Waals surface area contributed by atoms with Crippen molar-refractivity contribution >= 4 is 11.5 Å². The van der Waals surface area contributed by atoms with E-state index in [1.807, 2.05) is 6.20 Å².